The third kappa shape index (κ3) is 6.38. The molecule has 0 saturated heterocycles. The Hall–Kier alpha value is -0.747. The van der Waals surface area contributed by atoms with Crippen molar-refractivity contribution in [3.8, 4) is 0 Å². The molecule has 3 aromatic carbocycles. The molecule has 3 heteroatoms. The van der Waals surface area contributed by atoms with Gasteiger partial charge in [0.15, 0.2) is 0 Å². The van der Waals surface area contributed by atoms with Crippen LogP contribution in [0, 0.1) is 17.4 Å². The maximum Gasteiger partial charge on any atom is 4.00 e. The van der Waals surface area contributed by atoms with Crippen molar-refractivity contribution in [3.63, 3.8) is 0 Å². The van der Waals surface area contributed by atoms with Gasteiger partial charge in [-0.1, -0.05) is 81.8 Å². The van der Waals surface area contributed by atoms with Crippen LogP contribution in [0.15, 0.2) is 72.3 Å². The zero-order valence-electron chi connectivity index (χ0n) is 16.4. The van der Waals surface area contributed by atoms with Crippen LogP contribution in [0.1, 0.15) is 34.1 Å². The van der Waals surface area contributed by atoms with Gasteiger partial charge in [0.25, 0.3) is 0 Å². The first-order chi connectivity index (χ1) is 11.5. The molecular weight excluding hydrogens is 450 g/mol. The number of rotatable bonds is 1. The molecule has 1 aliphatic rings. The molecule has 0 nitrogen and oxygen atoms in total. The van der Waals surface area contributed by atoms with E-state index in [0.29, 0.717) is 11.3 Å². The van der Waals surface area contributed by atoms with Crippen molar-refractivity contribution in [2.75, 3.05) is 0 Å². The van der Waals surface area contributed by atoms with Gasteiger partial charge < -0.3 is 24.8 Å². The second-order valence-electron chi connectivity index (χ2n) is 7.52. The standard InChI is InChI=1S/C13H9.C11H17.2ClH.Zr/c1-3-7-12-10(5-1)9-11-6-2-4-8-13(11)12;1-5-9-6-7-10(8-9)11(2,3)4;;;/h1-9H;7-9H,5H2,1-4H3;2*1H;/q2*-1;;;+4/p-2. The monoisotopic (exact) mass is 474 g/mol. The molecule has 0 bridgehead atoms. The summed E-state index contributed by atoms with van der Waals surface area (Å²) in [6.45, 7) is 8.94. The van der Waals surface area contributed by atoms with Crippen LogP contribution in [0.5, 0.6) is 0 Å². The Balaban J connectivity index is 0.000000457. The number of fused-ring (bicyclic) bond motifs is 3. The average molecular weight is 477 g/mol. The summed E-state index contributed by atoms with van der Waals surface area (Å²) < 4.78 is 0. The maximum absolute atomic E-state index is 3.35. The molecule has 0 fully saturated rings. The molecule has 1 atom stereocenters. The Bertz CT molecular complexity index is 847. The van der Waals surface area contributed by atoms with Crippen LogP contribution < -0.4 is 24.8 Å². The molecule has 0 heterocycles. The van der Waals surface area contributed by atoms with E-state index in [-0.39, 0.29) is 51.0 Å². The van der Waals surface area contributed by atoms with Crippen LogP contribution in [0.3, 0.4) is 0 Å². The first-order valence-corrected chi connectivity index (χ1v) is 8.84. The molecule has 3 aromatic rings. The number of halogens is 2. The van der Waals surface area contributed by atoms with Crippen LogP contribution in [0.4, 0.5) is 0 Å². The minimum Gasteiger partial charge on any atom is -1.00 e. The largest absolute Gasteiger partial charge is 4.00 e. The van der Waals surface area contributed by atoms with Crippen molar-refractivity contribution in [2.45, 2.75) is 34.1 Å². The smallest absolute Gasteiger partial charge is 1.00 e. The fourth-order valence-electron chi connectivity index (χ4n) is 3.12. The summed E-state index contributed by atoms with van der Waals surface area (Å²) in [5.41, 5.74) is 1.74. The van der Waals surface area contributed by atoms with E-state index in [1.165, 1.54) is 33.5 Å². The van der Waals surface area contributed by atoms with Gasteiger partial charge in [-0.3, -0.25) is 6.08 Å². The summed E-state index contributed by atoms with van der Waals surface area (Å²) in [5.74, 6) is 0.573. The molecule has 0 radical (unpaired) electrons. The molecule has 1 unspecified atom stereocenters. The van der Waals surface area contributed by atoms with Crippen LogP contribution in [0.25, 0.3) is 21.5 Å². The topological polar surface area (TPSA) is 0 Å². The molecule has 1 aliphatic carbocycles. The predicted molar refractivity (Wildman–Crippen MR) is 106 cm³/mol. The molecule has 0 N–H and O–H groups in total. The number of hydrogen-bond acceptors (Lipinski definition) is 0. The molecule has 4 rings (SSSR count). The van der Waals surface area contributed by atoms with Crippen LogP contribution in [0.2, 0.25) is 0 Å². The average Bonchev–Trinajstić information content (AvgIpc) is 3.19. The van der Waals surface area contributed by atoms with E-state index in [1.54, 1.807) is 0 Å². The maximum atomic E-state index is 3.35. The number of allylic oxidation sites excluding steroid dienone is 4. The molecule has 0 spiro atoms. The Kier molecular flexibility index (Phi) is 11.0. The van der Waals surface area contributed by atoms with E-state index in [4.69, 9.17) is 0 Å². The summed E-state index contributed by atoms with van der Waals surface area (Å²) in [7, 11) is 0. The Labute approximate surface area is 195 Å². The number of benzene rings is 2. The summed E-state index contributed by atoms with van der Waals surface area (Å²) in [5, 5.41) is 5.39. The van der Waals surface area contributed by atoms with Crippen molar-refractivity contribution in [3.05, 3.63) is 78.4 Å². The molecule has 0 aromatic heterocycles. The Morgan fingerprint density at radius 3 is 1.74 bits per heavy atom. The van der Waals surface area contributed by atoms with Gasteiger partial charge >= 0.3 is 26.2 Å². The normalized spacial score (nSPS) is 15.1. The van der Waals surface area contributed by atoms with Crippen LogP contribution in [-0.2, 0) is 26.2 Å². The molecule has 0 aliphatic heterocycles. The zero-order valence-corrected chi connectivity index (χ0v) is 20.4. The van der Waals surface area contributed by atoms with E-state index in [1.807, 2.05) is 0 Å². The van der Waals surface area contributed by atoms with Gasteiger partial charge in [0.1, 0.15) is 0 Å². The van der Waals surface area contributed by atoms with Gasteiger partial charge in [-0.05, 0) is 0 Å². The molecule has 0 amide bonds. The number of hydrogen-bond donors (Lipinski definition) is 0. The van der Waals surface area contributed by atoms with Gasteiger partial charge in [-0.15, -0.1) is 39.7 Å². The predicted octanol–water partition coefficient (Wildman–Crippen LogP) is 1.08. The molecule has 140 valence electrons. The first kappa shape index (κ1) is 26.3. The summed E-state index contributed by atoms with van der Waals surface area (Å²) >= 11 is 0. The first-order valence-electron chi connectivity index (χ1n) is 8.84. The third-order valence-electron chi connectivity index (χ3n) is 4.66. The third-order valence-corrected chi connectivity index (χ3v) is 4.66. The van der Waals surface area contributed by atoms with Gasteiger partial charge in [0, 0.05) is 0 Å². The minimum absolute atomic E-state index is 0. The van der Waals surface area contributed by atoms with Crippen LogP contribution in [-0.4, -0.2) is 0 Å². The quantitative estimate of drug-likeness (QED) is 0.461. The van der Waals surface area contributed by atoms with Crippen molar-refractivity contribution in [1.29, 1.82) is 0 Å². The van der Waals surface area contributed by atoms with E-state index in [0.717, 1.165) is 0 Å². The Morgan fingerprint density at radius 1 is 0.889 bits per heavy atom. The fraction of sp³-hybridized carbons (Fsp3) is 0.292. The van der Waals surface area contributed by atoms with Crippen molar-refractivity contribution < 1.29 is 51.0 Å². The van der Waals surface area contributed by atoms with Gasteiger partial charge in [0.05, 0.1) is 0 Å². The summed E-state index contributed by atoms with van der Waals surface area (Å²) in [6, 6.07) is 19.3. The summed E-state index contributed by atoms with van der Waals surface area (Å²) in [6.07, 6.45) is 9.00. The second-order valence-corrected chi connectivity index (χ2v) is 7.52. The molecular formula is C24H26Cl2Zr. The summed E-state index contributed by atoms with van der Waals surface area (Å²) in [4.78, 5) is 0. The van der Waals surface area contributed by atoms with Crippen molar-refractivity contribution >= 4 is 21.5 Å². The van der Waals surface area contributed by atoms with Crippen molar-refractivity contribution in [2.24, 2.45) is 11.3 Å². The molecule has 27 heavy (non-hydrogen) atoms. The van der Waals surface area contributed by atoms with E-state index < -0.39 is 0 Å². The van der Waals surface area contributed by atoms with Gasteiger partial charge in [-0.25, -0.2) is 6.08 Å². The Morgan fingerprint density at radius 2 is 1.37 bits per heavy atom. The van der Waals surface area contributed by atoms with Crippen molar-refractivity contribution in [1.82, 2.24) is 0 Å². The van der Waals surface area contributed by atoms with E-state index >= 15 is 0 Å². The van der Waals surface area contributed by atoms with E-state index in [9.17, 15) is 0 Å². The second kappa shape index (κ2) is 11.3. The fourth-order valence-corrected chi connectivity index (χ4v) is 3.12. The SMILES string of the molecule is CCC1[C-]=CC(C(C)(C)C)=C1.[Cl-].[Cl-].[Zr+4].c1ccc2c(c1)[cH-]c1ccccc12. The molecule has 0 saturated carbocycles. The van der Waals surface area contributed by atoms with Crippen LogP contribution >= 0.6 is 0 Å². The van der Waals surface area contributed by atoms with Gasteiger partial charge in [0.2, 0.25) is 0 Å². The minimum atomic E-state index is 0. The zero-order chi connectivity index (χ0) is 17.2. The van der Waals surface area contributed by atoms with E-state index in [2.05, 4.69) is 101 Å². The van der Waals surface area contributed by atoms with Gasteiger partial charge in [-0.2, -0.15) is 11.6 Å².